The quantitative estimate of drug-likeness (QED) is 0.804. The summed E-state index contributed by atoms with van der Waals surface area (Å²) in [5.74, 6) is 0.744. The zero-order valence-electron chi connectivity index (χ0n) is 12.5. The lowest BCUT2D eigenvalue weighted by molar-refractivity contribution is 0.277. The van der Waals surface area contributed by atoms with Crippen molar-refractivity contribution in [3.8, 4) is 22.7 Å². The lowest BCUT2D eigenvalue weighted by Gasteiger charge is -2.09. The van der Waals surface area contributed by atoms with E-state index < -0.39 is 0 Å². The largest absolute Gasteiger partial charge is 0.497 e. The summed E-state index contributed by atoms with van der Waals surface area (Å²) in [4.78, 5) is 0. The van der Waals surface area contributed by atoms with Crippen molar-refractivity contribution in [3.05, 3.63) is 59.8 Å². The van der Waals surface area contributed by atoms with Crippen LogP contribution in [0.15, 0.2) is 48.5 Å². The zero-order chi connectivity index (χ0) is 15.5. The van der Waals surface area contributed by atoms with Crippen molar-refractivity contribution in [2.45, 2.75) is 13.5 Å². The summed E-state index contributed by atoms with van der Waals surface area (Å²) in [5, 5.41) is 17.9. The van der Waals surface area contributed by atoms with Crippen LogP contribution in [0.2, 0.25) is 0 Å². The van der Waals surface area contributed by atoms with Crippen LogP contribution < -0.4 is 4.74 Å². The molecule has 3 aromatic rings. The summed E-state index contributed by atoms with van der Waals surface area (Å²) in [6, 6.07) is 15.6. The number of hydrogen-bond acceptors (Lipinski definition) is 4. The number of aliphatic hydroxyl groups is 1. The summed E-state index contributed by atoms with van der Waals surface area (Å²) in [6.07, 6.45) is 0. The molecule has 0 saturated heterocycles. The molecule has 1 heterocycles. The van der Waals surface area contributed by atoms with Crippen molar-refractivity contribution in [2.75, 3.05) is 7.11 Å². The second-order valence-electron chi connectivity index (χ2n) is 5.03. The van der Waals surface area contributed by atoms with Gasteiger partial charge < -0.3 is 9.84 Å². The van der Waals surface area contributed by atoms with E-state index >= 15 is 0 Å². The summed E-state index contributed by atoms with van der Waals surface area (Å²) in [7, 11) is 1.63. The van der Waals surface area contributed by atoms with Crippen molar-refractivity contribution in [1.29, 1.82) is 0 Å². The average Bonchev–Trinajstić information content (AvgIpc) is 2.99. The maximum atomic E-state index is 9.57. The summed E-state index contributed by atoms with van der Waals surface area (Å²) in [6.45, 7) is 1.87. The minimum absolute atomic E-state index is 0.159. The first kappa shape index (κ1) is 14.3. The molecule has 0 atom stereocenters. The van der Waals surface area contributed by atoms with Gasteiger partial charge >= 0.3 is 0 Å². The monoisotopic (exact) mass is 295 g/mol. The predicted octanol–water partition coefficient (Wildman–Crippen LogP) is 2.74. The third-order valence-electron chi connectivity index (χ3n) is 3.48. The Hall–Kier alpha value is -2.66. The Morgan fingerprint density at radius 1 is 1.14 bits per heavy atom. The Labute approximate surface area is 128 Å². The van der Waals surface area contributed by atoms with Gasteiger partial charge in [-0.2, -0.15) is 0 Å². The van der Waals surface area contributed by atoms with E-state index in [-0.39, 0.29) is 6.61 Å². The van der Waals surface area contributed by atoms with E-state index in [1.54, 1.807) is 11.8 Å². The van der Waals surface area contributed by atoms with Crippen LogP contribution in [0.4, 0.5) is 0 Å². The van der Waals surface area contributed by atoms with Crippen molar-refractivity contribution in [1.82, 2.24) is 15.0 Å². The summed E-state index contributed by atoms with van der Waals surface area (Å²) in [5.41, 5.74) is 4.28. The molecule has 0 saturated carbocycles. The Bertz CT molecular complexity index is 796. The first-order chi connectivity index (χ1) is 10.7. The smallest absolute Gasteiger partial charge is 0.121 e. The van der Waals surface area contributed by atoms with E-state index in [0.717, 1.165) is 28.3 Å². The van der Waals surface area contributed by atoms with Crippen LogP contribution in [-0.2, 0) is 6.61 Å². The van der Waals surface area contributed by atoms with E-state index in [1.807, 2.05) is 49.4 Å². The van der Waals surface area contributed by atoms with Crippen LogP contribution in [0.5, 0.6) is 5.75 Å². The molecule has 0 bridgehead atoms. The molecule has 112 valence electrons. The molecule has 5 nitrogen and oxygen atoms in total. The highest BCUT2D eigenvalue weighted by molar-refractivity contribution is 5.65. The van der Waals surface area contributed by atoms with Gasteiger partial charge in [-0.25, -0.2) is 4.68 Å². The van der Waals surface area contributed by atoms with Gasteiger partial charge in [-0.05, 0) is 25.1 Å². The molecule has 5 heteroatoms. The predicted molar refractivity (Wildman–Crippen MR) is 84.0 cm³/mol. The first-order valence-corrected chi connectivity index (χ1v) is 7.00. The maximum absolute atomic E-state index is 9.57. The van der Waals surface area contributed by atoms with Crippen LogP contribution in [0.3, 0.4) is 0 Å². The van der Waals surface area contributed by atoms with Crippen LogP contribution >= 0.6 is 0 Å². The normalized spacial score (nSPS) is 10.7. The molecule has 0 radical (unpaired) electrons. The van der Waals surface area contributed by atoms with E-state index in [9.17, 15) is 5.11 Å². The number of ether oxygens (including phenoxy) is 1. The van der Waals surface area contributed by atoms with Crippen LogP contribution in [0.25, 0.3) is 16.9 Å². The molecule has 0 aliphatic rings. The molecule has 0 aliphatic carbocycles. The van der Waals surface area contributed by atoms with E-state index in [4.69, 9.17) is 4.74 Å². The third-order valence-corrected chi connectivity index (χ3v) is 3.48. The van der Waals surface area contributed by atoms with Gasteiger partial charge in [-0.15, -0.1) is 5.10 Å². The van der Waals surface area contributed by atoms with Crippen molar-refractivity contribution in [2.24, 2.45) is 0 Å². The van der Waals surface area contributed by atoms with Crippen molar-refractivity contribution in [3.63, 3.8) is 0 Å². The molecule has 3 rings (SSSR count). The minimum Gasteiger partial charge on any atom is -0.497 e. The second kappa shape index (κ2) is 5.99. The number of benzene rings is 2. The zero-order valence-corrected chi connectivity index (χ0v) is 12.5. The van der Waals surface area contributed by atoms with Crippen LogP contribution in [0.1, 0.15) is 11.3 Å². The minimum atomic E-state index is -0.159. The molecule has 0 fully saturated rings. The Kier molecular flexibility index (Phi) is 3.89. The Morgan fingerprint density at radius 2 is 1.95 bits per heavy atom. The fourth-order valence-corrected chi connectivity index (χ4v) is 2.42. The van der Waals surface area contributed by atoms with Gasteiger partial charge in [0.2, 0.25) is 0 Å². The number of aliphatic hydroxyl groups excluding tert-OH is 1. The number of hydrogen-bond donors (Lipinski definition) is 1. The fourth-order valence-electron chi connectivity index (χ4n) is 2.42. The van der Waals surface area contributed by atoms with E-state index in [2.05, 4.69) is 16.4 Å². The van der Waals surface area contributed by atoms with Gasteiger partial charge in [0.05, 0.1) is 19.4 Å². The van der Waals surface area contributed by atoms with Gasteiger partial charge in [0.15, 0.2) is 0 Å². The summed E-state index contributed by atoms with van der Waals surface area (Å²) < 4.78 is 6.99. The van der Waals surface area contributed by atoms with Gasteiger partial charge in [0.1, 0.15) is 17.1 Å². The molecule has 0 amide bonds. The van der Waals surface area contributed by atoms with Gasteiger partial charge in [-0.3, -0.25) is 0 Å². The van der Waals surface area contributed by atoms with Gasteiger partial charge in [0.25, 0.3) is 0 Å². The standard InChI is InChI=1S/C17H17N3O2/c1-12-5-3-6-13(9-12)17-16(11-21)18-19-20(17)14-7-4-8-15(10-14)22-2/h3-10,21H,11H2,1-2H3. The lowest BCUT2D eigenvalue weighted by Crippen LogP contribution is -2.01. The highest BCUT2D eigenvalue weighted by Gasteiger charge is 2.16. The van der Waals surface area contributed by atoms with Gasteiger partial charge in [-0.1, -0.05) is 35.0 Å². The first-order valence-electron chi connectivity index (χ1n) is 7.00. The maximum Gasteiger partial charge on any atom is 0.121 e. The number of aromatic nitrogens is 3. The van der Waals surface area contributed by atoms with Crippen LogP contribution in [0, 0.1) is 6.92 Å². The highest BCUT2D eigenvalue weighted by Crippen LogP contribution is 2.27. The average molecular weight is 295 g/mol. The van der Waals surface area contributed by atoms with Gasteiger partial charge in [0, 0.05) is 11.6 Å². The molecule has 0 aliphatic heterocycles. The molecule has 0 spiro atoms. The third kappa shape index (κ3) is 2.58. The summed E-state index contributed by atoms with van der Waals surface area (Å²) >= 11 is 0. The Balaban J connectivity index is 2.19. The number of rotatable bonds is 4. The highest BCUT2D eigenvalue weighted by atomic mass is 16.5. The molecule has 2 aromatic carbocycles. The lowest BCUT2D eigenvalue weighted by atomic mass is 10.1. The number of aryl methyl sites for hydroxylation is 1. The fraction of sp³-hybridized carbons (Fsp3) is 0.176. The topological polar surface area (TPSA) is 60.2 Å². The van der Waals surface area contributed by atoms with E-state index in [0.29, 0.717) is 5.69 Å². The molecular weight excluding hydrogens is 278 g/mol. The molecular formula is C17H17N3O2. The van der Waals surface area contributed by atoms with E-state index in [1.165, 1.54) is 0 Å². The number of methoxy groups -OCH3 is 1. The SMILES string of the molecule is COc1cccc(-n2nnc(CO)c2-c2cccc(C)c2)c1. The molecule has 1 aromatic heterocycles. The second-order valence-corrected chi connectivity index (χ2v) is 5.03. The molecule has 0 unspecified atom stereocenters. The van der Waals surface area contributed by atoms with Crippen LogP contribution in [-0.4, -0.2) is 27.2 Å². The van der Waals surface area contributed by atoms with Crippen molar-refractivity contribution < 1.29 is 9.84 Å². The Morgan fingerprint density at radius 3 is 2.68 bits per heavy atom. The van der Waals surface area contributed by atoms with Crippen molar-refractivity contribution >= 4 is 0 Å². The number of nitrogens with zero attached hydrogens (tertiary/aromatic N) is 3. The molecule has 22 heavy (non-hydrogen) atoms. The molecule has 1 N–H and O–H groups in total.